The first-order valence-electron chi connectivity index (χ1n) is 12.2. The Hall–Kier alpha value is -3.87. The first kappa shape index (κ1) is 22.9. The van der Waals surface area contributed by atoms with E-state index in [2.05, 4.69) is 6.07 Å². The summed E-state index contributed by atoms with van der Waals surface area (Å²) in [7, 11) is 0. The summed E-state index contributed by atoms with van der Waals surface area (Å²) < 4.78 is 5.21. The number of benzene rings is 2. The fourth-order valence-electron chi connectivity index (χ4n) is 4.97. The van der Waals surface area contributed by atoms with Crippen molar-refractivity contribution in [3.8, 4) is 0 Å². The van der Waals surface area contributed by atoms with Crippen molar-refractivity contribution in [1.29, 1.82) is 0 Å². The highest BCUT2D eigenvalue weighted by Gasteiger charge is 2.28. The molecule has 0 N–H and O–H groups in total. The predicted molar refractivity (Wildman–Crippen MR) is 131 cm³/mol. The highest BCUT2D eigenvalue weighted by molar-refractivity contribution is 5.95. The van der Waals surface area contributed by atoms with E-state index in [4.69, 9.17) is 4.42 Å². The Morgan fingerprint density at radius 3 is 2.09 bits per heavy atom. The maximum atomic E-state index is 13.2. The Morgan fingerprint density at radius 2 is 1.37 bits per heavy atom. The van der Waals surface area contributed by atoms with Gasteiger partial charge >= 0.3 is 0 Å². The number of rotatable bonds is 4. The smallest absolute Gasteiger partial charge is 0.289 e. The molecule has 1 aromatic heterocycles. The second-order valence-electron chi connectivity index (χ2n) is 9.14. The van der Waals surface area contributed by atoms with Crippen LogP contribution in [0.4, 0.5) is 0 Å². The Kier molecular flexibility index (Phi) is 6.66. The summed E-state index contributed by atoms with van der Waals surface area (Å²) in [5, 5.41) is 0. The van der Waals surface area contributed by atoms with Crippen molar-refractivity contribution >= 4 is 17.7 Å². The monoisotopic (exact) mass is 471 g/mol. The van der Waals surface area contributed by atoms with Crippen LogP contribution in [0.15, 0.2) is 77.4 Å². The van der Waals surface area contributed by atoms with E-state index in [0.717, 1.165) is 24.9 Å². The summed E-state index contributed by atoms with van der Waals surface area (Å²) in [5.74, 6) is 0.419. The average Bonchev–Trinajstić information content (AvgIpc) is 3.48. The summed E-state index contributed by atoms with van der Waals surface area (Å²) >= 11 is 0. The molecule has 2 aromatic carbocycles. The molecular weight excluding hydrogens is 442 g/mol. The van der Waals surface area contributed by atoms with Crippen molar-refractivity contribution in [3.05, 3.63) is 95.4 Å². The van der Waals surface area contributed by atoms with Crippen molar-refractivity contribution in [2.24, 2.45) is 0 Å². The molecule has 3 amide bonds. The molecule has 5 rings (SSSR count). The van der Waals surface area contributed by atoms with Gasteiger partial charge in [0.1, 0.15) is 0 Å². The van der Waals surface area contributed by atoms with Gasteiger partial charge in [-0.2, -0.15) is 0 Å². The van der Waals surface area contributed by atoms with Gasteiger partial charge in [-0.15, -0.1) is 0 Å². The van der Waals surface area contributed by atoms with Crippen LogP contribution in [0.25, 0.3) is 0 Å². The second kappa shape index (κ2) is 10.2. The molecule has 2 aliphatic heterocycles. The number of hydrogen-bond acceptors (Lipinski definition) is 4. The topological polar surface area (TPSA) is 74.1 Å². The zero-order chi connectivity index (χ0) is 24.2. The van der Waals surface area contributed by atoms with Crippen molar-refractivity contribution in [2.45, 2.75) is 18.8 Å². The number of likely N-dealkylation sites (tertiary alicyclic amines) is 1. The second-order valence-corrected chi connectivity index (χ2v) is 9.14. The third kappa shape index (κ3) is 4.99. The van der Waals surface area contributed by atoms with E-state index < -0.39 is 0 Å². The van der Waals surface area contributed by atoms with Gasteiger partial charge < -0.3 is 19.1 Å². The van der Waals surface area contributed by atoms with Crippen LogP contribution < -0.4 is 0 Å². The molecular formula is C28H29N3O4. The molecule has 0 spiro atoms. The van der Waals surface area contributed by atoms with Gasteiger partial charge in [0, 0.05) is 56.3 Å². The summed E-state index contributed by atoms with van der Waals surface area (Å²) in [6.07, 6.45) is 3.42. The summed E-state index contributed by atoms with van der Waals surface area (Å²) in [6, 6.07) is 20.6. The van der Waals surface area contributed by atoms with E-state index in [-0.39, 0.29) is 23.6 Å². The van der Waals surface area contributed by atoms with Gasteiger partial charge in [-0.1, -0.05) is 30.3 Å². The molecule has 2 fully saturated rings. The van der Waals surface area contributed by atoms with E-state index >= 15 is 0 Å². The summed E-state index contributed by atoms with van der Waals surface area (Å²) in [6.45, 7) is 3.33. The van der Waals surface area contributed by atoms with E-state index in [9.17, 15) is 14.4 Å². The van der Waals surface area contributed by atoms with Gasteiger partial charge in [0.2, 0.25) is 0 Å². The van der Waals surface area contributed by atoms with Gasteiger partial charge in [-0.3, -0.25) is 14.4 Å². The Balaban J connectivity index is 1.22. The number of piperazine rings is 1. The summed E-state index contributed by atoms with van der Waals surface area (Å²) in [4.78, 5) is 44.1. The first-order chi connectivity index (χ1) is 17.1. The number of piperidine rings is 1. The maximum absolute atomic E-state index is 13.2. The average molecular weight is 472 g/mol. The number of carbonyl (C=O) groups is 3. The van der Waals surface area contributed by atoms with Crippen molar-refractivity contribution in [2.75, 3.05) is 39.3 Å². The SMILES string of the molecule is O=C(c1cccc([C@H]2CCCN(C(=O)c3ccccc3)C2)c1)N1CCN(C(=O)c2ccco2)CC1. The highest BCUT2D eigenvalue weighted by Crippen LogP contribution is 2.29. The molecule has 2 aliphatic rings. The van der Waals surface area contributed by atoms with Gasteiger partial charge in [0.25, 0.3) is 17.7 Å². The number of nitrogens with zero attached hydrogens (tertiary/aromatic N) is 3. The van der Waals surface area contributed by atoms with E-state index in [1.165, 1.54) is 6.26 Å². The normalized spacial score (nSPS) is 18.4. The van der Waals surface area contributed by atoms with Gasteiger partial charge in [-0.25, -0.2) is 0 Å². The zero-order valence-electron chi connectivity index (χ0n) is 19.6. The molecule has 35 heavy (non-hydrogen) atoms. The van der Waals surface area contributed by atoms with E-state index in [1.54, 1.807) is 21.9 Å². The number of carbonyl (C=O) groups excluding carboxylic acids is 3. The van der Waals surface area contributed by atoms with Crippen LogP contribution in [-0.2, 0) is 0 Å². The summed E-state index contributed by atoms with van der Waals surface area (Å²) in [5.41, 5.74) is 2.45. The maximum Gasteiger partial charge on any atom is 0.289 e. The number of furan rings is 1. The van der Waals surface area contributed by atoms with Crippen LogP contribution in [0, 0.1) is 0 Å². The quantitative estimate of drug-likeness (QED) is 0.579. The zero-order valence-corrected chi connectivity index (χ0v) is 19.6. The minimum absolute atomic E-state index is 0.0232. The molecule has 0 unspecified atom stereocenters. The van der Waals surface area contributed by atoms with Crippen molar-refractivity contribution in [3.63, 3.8) is 0 Å². The fourth-order valence-corrected chi connectivity index (χ4v) is 4.97. The standard InChI is InChI=1S/C28H29N3O4/c32-26(21-7-2-1-3-8-21)31-13-5-11-24(20-31)22-9-4-10-23(19-22)27(33)29-14-16-30(17-15-29)28(34)25-12-6-18-35-25/h1-4,6-10,12,18-19,24H,5,11,13-17,20H2/t24-/m0/s1. The van der Waals surface area contributed by atoms with Crippen molar-refractivity contribution < 1.29 is 18.8 Å². The Labute approximate surface area is 204 Å². The van der Waals surface area contributed by atoms with Gasteiger partial charge in [-0.05, 0) is 54.8 Å². The molecule has 3 heterocycles. The lowest BCUT2D eigenvalue weighted by Crippen LogP contribution is -2.50. The lowest BCUT2D eigenvalue weighted by molar-refractivity contribution is 0.0518. The minimum Gasteiger partial charge on any atom is -0.459 e. The largest absolute Gasteiger partial charge is 0.459 e. The van der Waals surface area contributed by atoms with Crippen LogP contribution in [0.1, 0.15) is 55.6 Å². The molecule has 3 aromatic rings. The van der Waals surface area contributed by atoms with E-state index in [1.807, 2.05) is 53.4 Å². The molecule has 0 radical (unpaired) electrons. The van der Waals surface area contributed by atoms with Gasteiger partial charge in [0.15, 0.2) is 5.76 Å². The Morgan fingerprint density at radius 1 is 0.686 bits per heavy atom. The fraction of sp³-hybridized carbons (Fsp3) is 0.321. The lowest BCUT2D eigenvalue weighted by atomic mass is 9.89. The van der Waals surface area contributed by atoms with E-state index in [0.29, 0.717) is 49.6 Å². The third-order valence-electron chi connectivity index (χ3n) is 6.92. The van der Waals surface area contributed by atoms with Crippen LogP contribution in [0.5, 0.6) is 0 Å². The van der Waals surface area contributed by atoms with Crippen LogP contribution >= 0.6 is 0 Å². The molecule has 7 nitrogen and oxygen atoms in total. The predicted octanol–water partition coefficient (Wildman–Crippen LogP) is 3.90. The number of amides is 3. The number of hydrogen-bond donors (Lipinski definition) is 0. The van der Waals surface area contributed by atoms with Crippen LogP contribution in [0.2, 0.25) is 0 Å². The molecule has 1 atom stereocenters. The molecule has 0 bridgehead atoms. The lowest BCUT2D eigenvalue weighted by Gasteiger charge is -2.35. The molecule has 2 saturated heterocycles. The molecule has 7 heteroatoms. The van der Waals surface area contributed by atoms with Gasteiger partial charge in [0.05, 0.1) is 6.26 Å². The molecule has 0 saturated carbocycles. The third-order valence-corrected chi connectivity index (χ3v) is 6.92. The minimum atomic E-state index is -0.143. The molecule has 0 aliphatic carbocycles. The first-order valence-corrected chi connectivity index (χ1v) is 12.2. The molecule has 180 valence electrons. The van der Waals surface area contributed by atoms with Crippen molar-refractivity contribution in [1.82, 2.24) is 14.7 Å². The van der Waals surface area contributed by atoms with Crippen LogP contribution in [0.3, 0.4) is 0 Å². The van der Waals surface area contributed by atoms with Crippen LogP contribution in [-0.4, -0.2) is 71.7 Å². The highest BCUT2D eigenvalue weighted by atomic mass is 16.3. The Bertz CT molecular complexity index is 1180.